The molecule has 21 heavy (non-hydrogen) atoms. The number of ether oxygens (including phenoxy) is 1. The zero-order chi connectivity index (χ0) is 15.4. The summed E-state index contributed by atoms with van der Waals surface area (Å²) >= 11 is 0. The Balaban J connectivity index is 2.03. The zero-order valence-electron chi connectivity index (χ0n) is 12.3. The molecule has 0 saturated carbocycles. The molecule has 2 aromatic heterocycles. The van der Waals surface area contributed by atoms with Crippen molar-refractivity contribution in [1.29, 1.82) is 0 Å². The van der Waals surface area contributed by atoms with E-state index < -0.39 is 0 Å². The number of pyridine rings is 1. The fraction of sp³-hybridized carbons (Fsp3) is 0.429. The van der Waals surface area contributed by atoms with Crippen LogP contribution in [0.3, 0.4) is 0 Å². The van der Waals surface area contributed by atoms with Gasteiger partial charge in [-0.15, -0.1) is 0 Å². The average molecular weight is 291 g/mol. The zero-order valence-corrected chi connectivity index (χ0v) is 12.3. The number of hydrogen-bond donors (Lipinski definition) is 0. The van der Waals surface area contributed by atoms with Crippen molar-refractivity contribution in [2.75, 3.05) is 20.7 Å². The summed E-state index contributed by atoms with van der Waals surface area (Å²) in [6.07, 6.45) is 2.30. The number of carbonyl (C=O) groups is 2. The first-order valence-electron chi connectivity index (χ1n) is 6.57. The summed E-state index contributed by atoms with van der Waals surface area (Å²) in [5.41, 5.74) is 1.58. The molecule has 0 aliphatic rings. The van der Waals surface area contributed by atoms with Gasteiger partial charge in [0.1, 0.15) is 0 Å². The summed E-state index contributed by atoms with van der Waals surface area (Å²) in [5, 5.41) is 4.53. The van der Waals surface area contributed by atoms with Crippen molar-refractivity contribution in [2.24, 2.45) is 0 Å². The van der Waals surface area contributed by atoms with Gasteiger partial charge in [0.2, 0.25) is 0 Å². The summed E-state index contributed by atoms with van der Waals surface area (Å²) < 4.78 is 9.57. The molecule has 0 aliphatic carbocycles. The maximum Gasteiger partial charge on any atom is 0.305 e. The molecule has 0 aliphatic heterocycles. The first-order valence-corrected chi connectivity index (χ1v) is 6.57. The van der Waals surface area contributed by atoms with Crippen molar-refractivity contribution < 1.29 is 18.8 Å². The van der Waals surface area contributed by atoms with Crippen molar-refractivity contribution in [2.45, 2.75) is 19.8 Å². The monoisotopic (exact) mass is 291 g/mol. The molecule has 1 amide bonds. The molecule has 2 heterocycles. The number of aromatic nitrogens is 2. The predicted octanol–water partition coefficient (Wildman–Crippen LogP) is 1.56. The van der Waals surface area contributed by atoms with Crippen molar-refractivity contribution in [3.05, 3.63) is 23.5 Å². The minimum atomic E-state index is -0.279. The minimum absolute atomic E-state index is 0.158. The molecular formula is C14H17N3O4. The van der Waals surface area contributed by atoms with Crippen LogP contribution in [0, 0.1) is 6.92 Å². The number of aryl methyl sites for hydroxylation is 1. The highest BCUT2D eigenvalue weighted by atomic mass is 16.5. The summed E-state index contributed by atoms with van der Waals surface area (Å²) in [6.45, 7) is 2.26. The largest absolute Gasteiger partial charge is 0.469 e. The molecule has 112 valence electrons. The van der Waals surface area contributed by atoms with E-state index in [1.807, 2.05) is 0 Å². The standard InChI is InChI=1S/C14H17N3O4/c1-9-11-7-10(8-15-13(11)21-16-9)14(19)17(2)6-4-5-12(18)20-3/h7-8H,4-6H2,1-3H3. The van der Waals surface area contributed by atoms with Gasteiger partial charge in [-0.05, 0) is 19.4 Å². The molecule has 0 spiro atoms. The molecule has 0 aromatic carbocycles. The van der Waals surface area contributed by atoms with Crippen LogP contribution in [0.25, 0.3) is 11.1 Å². The van der Waals surface area contributed by atoms with Gasteiger partial charge in [-0.1, -0.05) is 5.16 Å². The van der Waals surface area contributed by atoms with E-state index in [2.05, 4.69) is 14.9 Å². The van der Waals surface area contributed by atoms with Crippen molar-refractivity contribution in [1.82, 2.24) is 15.0 Å². The van der Waals surface area contributed by atoms with Gasteiger partial charge in [-0.3, -0.25) is 9.59 Å². The highest BCUT2D eigenvalue weighted by molar-refractivity contribution is 5.96. The lowest BCUT2D eigenvalue weighted by Gasteiger charge is -2.16. The molecule has 0 radical (unpaired) electrons. The normalized spacial score (nSPS) is 10.6. The van der Waals surface area contributed by atoms with E-state index in [4.69, 9.17) is 4.52 Å². The predicted molar refractivity (Wildman–Crippen MR) is 74.8 cm³/mol. The second-order valence-corrected chi connectivity index (χ2v) is 4.75. The van der Waals surface area contributed by atoms with Gasteiger partial charge < -0.3 is 14.2 Å². The molecule has 0 bridgehead atoms. The van der Waals surface area contributed by atoms with Crippen LogP contribution < -0.4 is 0 Å². The maximum atomic E-state index is 12.3. The summed E-state index contributed by atoms with van der Waals surface area (Å²) in [4.78, 5) is 28.9. The fourth-order valence-corrected chi connectivity index (χ4v) is 1.95. The molecule has 7 nitrogen and oxygen atoms in total. The van der Waals surface area contributed by atoms with Gasteiger partial charge in [0.25, 0.3) is 11.6 Å². The van der Waals surface area contributed by atoms with Gasteiger partial charge in [-0.2, -0.15) is 0 Å². The Morgan fingerprint density at radius 1 is 1.43 bits per heavy atom. The average Bonchev–Trinajstić information content (AvgIpc) is 2.87. The third-order valence-corrected chi connectivity index (χ3v) is 3.21. The van der Waals surface area contributed by atoms with E-state index >= 15 is 0 Å². The third kappa shape index (κ3) is 3.36. The lowest BCUT2D eigenvalue weighted by molar-refractivity contribution is -0.140. The second kappa shape index (κ2) is 6.34. The minimum Gasteiger partial charge on any atom is -0.469 e. The SMILES string of the molecule is COC(=O)CCCN(C)C(=O)c1cnc2onc(C)c2c1. The molecule has 0 N–H and O–H groups in total. The Bertz CT molecular complexity index is 665. The fourth-order valence-electron chi connectivity index (χ4n) is 1.95. The first kappa shape index (κ1) is 15.0. The van der Waals surface area contributed by atoms with Gasteiger partial charge in [0.05, 0.1) is 23.8 Å². The molecule has 0 saturated heterocycles. The smallest absolute Gasteiger partial charge is 0.305 e. The van der Waals surface area contributed by atoms with E-state index in [-0.39, 0.29) is 18.3 Å². The van der Waals surface area contributed by atoms with E-state index in [1.165, 1.54) is 13.3 Å². The van der Waals surface area contributed by atoms with Crippen molar-refractivity contribution in [3.8, 4) is 0 Å². The number of amides is 1. The Morgan fingerprint density at radius 2 is 2.19 bits per heavy atom. The molecule has 0 unspecified atom stereocenters. The molecule has 0 fully saturated rings. The van der Waals surface area contributed by atoms with Crippen LogP contribution in [0.1, 0.15) is 28.9 Å². The van der Waals surface area contributed by atoms with Gasteiger partial charge in [-0.25, -0.2) is 4.98 Å². The summed E-state index contributed by atoms with van der Waals surface area (Å²) in [6, 6.07) is 1.72. The van der Waals surface area contributed by atoms with Crippen LogP contribution in [0.2, 0.25) is 0 Å². The first-order chi connectivity index (χ1) is 10.0. The highest BCUT2D eigenvalue weighted by Crippen LogP contribution is 2.17. The lowest BCUT2D eigenvalue weighted by Crippen LogP contribution is -2.28. The molecule has 0 atom stereocenters. The van der Waals surface area contributed by atoms with Crippen LogP contribution in [-0.2, 0) is 9.53 Å². The number of esters is 1. The Morgan fingerprint density at radius 3 is 2.90 bits per heavy atom. The number of fused-ring (bicyclic) bond motifs is 1. The summed E-state index contributed by atoms with van der Waals surface area (Å²) in [7, 11) is 3.03. The quantitative estimate of drug-likeness (QED) is 0.777. The van der Waals surface area contributed by atoms with Gasteiger partial charge in [0.15, 0.2) is 0 Å². The van der Waals surface area contributed by atoms with E-state index in [0.717, 1.165) is 5.39 Å². The number of hydrogen-bond acceptors (Lipinski definition) is 6. The third-order valence-electron chi connectivity index (χ3n) is 3.21. The van der Waals surface area contributed by atoms with Crippen molar-refractivity contribution in [3.63, 3.8) is 0 Å². The number of rotatable bonds is 5. The van der Waals surface area contributed by atoms with Crippen LogP contribution >= 0.6 is 0 Å². The van der Waals surface area contributed by atoms with Crippen LogP contribution in [0.5, 0.6) is 0 Å². The topological polar surface area (TPSA) is 85.5 Å². The molecular weight excluding hydrogens is 274 g/mol. The number of carbonyl (C=O) groups excluding carboxylic acids is 2. The van der Waals surface area contributed by atoms with E-state index in [9.17, 15) is 9.59 Å². The Kier molecular flexibility index (Phi) is 4.52. The van der Waals surface area contributed by atoms with Crippen molar-refractivity contribution >= 4 is 23.0 Å². The number of methoxy groups -OCH3 is 1. The molecule has 2 aromatic rings. The highest BCUT2D eigenvalue weighted by Gasteiger charge is 2.15. The summed E-state index contributed by atoms with van der Waals surface area (Å²) in [5.74, 6) is -0.436. The Labute approximate surface area is 121 Å². The second-order valence-electron chi connectivity index (χ2n) is 4.75. The van der Waals surface area contributed by atoms with Gasteiger partial charge in [0, 0.05) is 26.2 Å². The van der Waals surface area contributed by atoms with Crippen LogP contribution in [0.4, 0.5) is 0 Å². The number of nitrogens with zero attached hydrogens (tertiary/aromatic N) is 3. The Hall–Kier alpha value is -2.44. The molecule has 7 heteroatoms. The van der Waals surface area contributed by atoms with E-state index in [1.54, 1.807) is 24.9 Å². The van der Waals surface area contributed by atoms with Gasteiger partial charge >= 0.3 is 5.97 Å². The lowest BCUT2D eigenvalue weighted by atomic mass is 10.2. The molecule has 2 rings (SSSR count). The van der Waals surface area contributed by atoms with Crippen LogP contribution in [-0.4, -0.2) is 47.6 Å². The van der Waals surface area contributed by atoms with E-state index in [0.29, 0.717) is 29.9 Å². The van der Waals surface area contributed by atoms with Crippen LogP contribution in [0.15, 0.2) is 16.8 Å². The maximum absolute atomic E-state index is 12.3.